The summed E-state index contributed by atoms with van der Waals surface area (Å²) in [6, 6.07) is 8.64. The maximum atomic E-state index is 2.29. The lowest BCUT2D eigenvalue weighted by Gasteiger charge is -2.13. The summed E-state index contributed by atoms with van der Waals surface area (Å²) in [7, 11) is 6.18. The standard InChI is InChI=1S/C10H15IN2/c1-12(2)10-6-4-9(5-7-10)8-13(3)11/h4-7H,8H2,1-3H3. The van der Waals surface area contributed by atoms with Gasteiger partial charge in [0.15, 0.2) is 0 Å². The van der Waals surface area contributed by atoms with Crippen LogP contribution in [-0.4, -0.2) is 24.3 Å². The van der Waals surface area contributed by atoms with Crippen molar-refractivity contribution >= 4 is 28.6 Å². The van der Waals surface area contributed by atoms with Gasteiger partial charge in [0.1, 0.15) is 0 Å². The molecule has 0 saturated heterocycles. The van der Waals surface area contributed by atoms with E-state index in [1.807, 2.05) is 0 Å². The first kappa shape index (κ1) is 10.8. The molecule has 0 atom stereocenters. The molecule has 0 unspecified atom stereocenters. The minimum atomic E-state index is 0.994. The maximum absolute atomic E-state index is 2.29. The largest absolute Gasteiger partial charge is 0.378 e. The molecule has 0 bridgehead atoms. The Bertz CT molecular complexity index is 254. The molecule has 2 nitrogen and oxygen atoms in total. The van der Waals surface area contributed by atoms with Gasteiger partial charge in [-0.1, -0.05) is 12.1 Å². The van der Waals surface area contributed by atoms with Gasteiger partial charge in [0.2, 0.25) is 0 Å². The Morgan fingerprint density at radius 2 is 1.62 bits per heavy atom. The molecule has 0 aliphatic heterocycles. The first-order valence-electron chi connectivity index (χ1n) is 4.23. The highest BCUT2D eigenvalue weighted by atomic mass is 127. The highest BCUT2D eigenvalue weighted by molar-refractivity contribution is 14.1. The summed E-state index contributed by atoms with van der Waals surface area (Å²) in [5.41, 5.74) is 2.60. The fourth-order valence-corrected chi connectivity index (χ4v) is 1.54. The molecule has 0 saturated carbocycles. The number of rotatable bonds is 3. The minimum absolute atomic E-state index is 0.994. The fourth-order valence-electron chi connectivity index (χ4n) is 1.15. The van der Waals surface area contributed by atoms with Crippen LogP contribution in [0.15, 0.2) is 24.3 Å². The number of nitrogens with zero attached hydrogens (tertiary/aromatic N) is 2. The van der Waals surface area contributed by atoms with Crippen molar-refractivity contribution in [1.82, 2.24) is 3.11 Å². The third kappa shape index (κ3) is 3.52. The zero-order valence-electron chi connectivity index (χ0n) is 8.29. The monoisotopic (exact) mass is 290 g/mol. The number of hydrogen-bond donors (Lipinski definition) is 0. The minimum Gasteiger partial charge on any atom is -0.378 e. The number of anilines is 1. The maximum Gasteiger partial charge on any atom is 0.0361 e. The zero-order valence-corrected chi connectivity index (χ0v) is 10.4. The van der Waals surface area contributed by atoms with E-state index in [1.165, 1.54) is 11.3 Å². The van der Waals surface area contributed by atoms with Gasteiger partial charge in [0, 0.05) is 49.2 Å². The number of halogens is 1. The lowest BCUT2D eigenvalue weighted by Crippen LogP contribution is -2.09. The summed E-state index contributed by atoms with van der Waals surface area (Å²) < 4.78 is 2.14. The van der Waals surface area contributed by atoms with Crippen molar-refractivity contribution in [2.24, 2.45) is 0 Å². The van der Waals surface area contributed by atoms with E-state index in [1.54, 1.807) is 0 Å². The summed E-state index contributed by atoms with van der Waals surface area (Å²) in [6.45, 7) is 0.994. The fraction of sp³-hybridized carbons (Fsp3) is 0.400. The second-order valence-corrected chi connectivity index (χ2v) is 4.97. The van der Waals surface area contributed by atoms with Crippen LogP contribution in [0.2, 0.25) is 0 Å². The Morgan fingerprint density at radius 1 is 1.08 bits per heavy atom. The van der Waals surface area contributed by atoms with Crippen molar-refractivity contribution in [3.05, 3.63) is 29.8 Å². The summed E-state index contributed by atoms with van der Waals surface area (Å²) in [4.78, 5) is 2.11. The molecule has 1 aromatic carbocycles. The van der Waals surface area contributed by atoms with Crippen molar-refractivity contribution in [3.63, 3.8) is 0 Å². The molecule has 0 amide bonds. The van der Waals surface area contributed by atoms with Crippen LogP contribution < -0.4 is 4.90 Å². The Morgan fingerprint density at radius 3 is 2.00 bits per heavy atom. The van der Waals surface area contributed by atoms with Gasteiger partial charge < -0.3 is 4.90 Å². The molecule has 1 rings (SSSR count). The second-order valence-electron chi connectivity index (χ2n) is 3.32. The molecule has 0 aliphatic rings. The summed E-state index contributed by atoms with van der Waals surface area (Å²) in [5.74, 6) is 0. The van der Waals surface area contributed by atoms with Crippen LogP contribution in [0, 0.1) is 0 Å². The molecule has 0 aromatic heterocycles. The molecule has 0 fully saturated rings. The van der Waals surface area contributed by atoms with Crippen molar-refractivity contribution in [3.8, 4) is 0 Å². The van der Waals surface area contributed by atoms with E-state index in [2.05, 4.69) is 76.3 Å². The average Bonchev–Trinajstić information content (AvgIpc) is 2.04. The van der Waals surface area contributed by atoms with Crippen molar-refractivity contribution in [2.75, 3.05) is 26.0 Å². The third-order valence-corrected chi connectivity index (χ3v) is 2.19. The Hall–Kier alpha value is -0.290. The highest BCUT2D eigenvalue weighted by Gasteiger charge is 1.97. The van der Waals surface area contributed by atoms with Gasteiger partial charge in [-0.25, -0.2) is 3.11 Å². The predicted octanol–water partition coefficient (Wildman–Crippen LogP) is 2.53. The molecule has 0 spiro atoms. The normalized spacial score (nSPS) is 10.5. The molecule has 0 N–H and O–H groups in total. The van der Waals surface area contributed by atoms with Gasteiger partial charge in [-0.05, 0) is 24.7 Å². The van der Waals surface area contributed by atoms with Gasteiger partial charge in [-0.3, -0.25) is 0 Å². The van der Waals surface area contributed by atoms with E-state index in [0.29, 0.717) is 0 Å². The van der Waals surface area contributed by atoms with E-state index < -0.39 is 0 Å². The van der Waals surface area contributed by atoms with Crippen LogP contribution in [0.3, 0.4) is 0 Å². The van der Waals surface area contributed by atoms with E-state index in [9.17, 15) is 0 Å². The second kappa shape index (κ2) is 4.81. The van der Waals surface area contributed by atoms with Crippen molar-refractivity contribution in [1.29, 1.82) is 0 Å². The van der Waals surface area contributed by atoms with Crippen LogP contribution >= 0.6 is 22.9 Å². The average molecular weight is 290 g/mol. The quantitative estimate of drug-likeness (QED) is 0.623. The molecule has 3 heteroatoms. The topological polar surface area (TPSA) is 6.48 Å². The molecule has 0 aliphatic carbocycles. The smallest absolute Gasteiger partial charge is 0.0361 e. The first-order valence-corrected chi connectivity index (χ1v) is 5.19. The van der Waals surface area contributed by atoms with Gasteiger partial charge >= 0.3 is 0 Å². The van der Waals surface area contributed by atoms with E-state index >= 15 is 0 Å². The van der Waals surface area contributed by atoms with E-state index in [-0.39, 0.29) is 0 Å². The molecule has 72 valence electrons. The summed E-state index contributed by atoms with van der Waals surface area (Å²) >= 11 is 2.29. The van der Waals surface area contributed by atoms with Gasteiger partial charge in [0.25, 0.3) is 0 Å². The van der Waals surface area contributed by atoms with E-state index in [0.717, 1.165) is 6.54 Å². The predicted molar refractivity (Wildman–Crippen MR) is 66.3 cm³/mol. The Labute approximate surface area is 94.0 Å². The molecule has 1 aromatic rings. The van der Waals surface area contributed by atoms with Crippen LogP contribution in [-0.2, 0) is 6.54 Å². The molecular weight excluding hydrogens is 275 g/mol. The van der Waals surface area contributed by atoms with Crippen molar-refractivity contribution in [2.45, 2.75) is 6.54 Å². The summed E-state index contributed by atoms with van der Waals surface area (Å²) in [6.07, 6.45) is 0. The van der Waals surface area contributed by atoms with Crippen molar-refractivity contribution < 1.29 is 0 Å². The SMILES string of the molecule is CN(I)Cc1ccc(N(C)C)cc1. The van der Waals surface area contributed by atoms with Crippen LogP contribution in [0.4, 0.5) is 5.69 Å². The lowest BCUT2D eigenvalue weighted by atomic mass is 10.2. The zero-order chi connectivity index (χ0) is 9.84. The van der Waals surface area contributed by atoms with E-state index in [4.69, 9.17) is 0 Å². The van der Waals surface area contributed by atoms with Gasteiger partial charge in [-0.15, -0.1) is 0 Å². The van der Waals surface area contributed by atoms with Gasteiger partial charge in [-0.2, -0.15) is 0 Å². The van der Waals surface area contributed by atoms with Crippen LogP contribution in [0.25, 0.3) is 0 Å². The highest BCUT2D eigenvalue weighted by Crippen LogP contribution is 2.14. The van der Waals surface area contributed by atoms with Crippen LogP contribution in [0.5, 0.6) is 0 Å². The van der Waals surface area contributed by atoms with Gasteiger partial charge in [0.05, 0.1) is 0 Å². The summed E-state index contributed by atoms with van der Waals surface area (Å²) in [5, 5.41) is 0. The Kier molecular flexibility index (Phi) is 3.99. The molecule has 0 radical (unpaired) electrons. The molecule has 0 heterocycles. The number of hydrogen-bond acceptors (Lipinski definition) is 2. The van der Waals surface area contributed by atoms with Crippen LogP contribution in [0.1, 0.15) is 5.56 Å². The lowest BCUT2D eigenvalue weighted by molar-refractivity contribution is 0.610. The first-order chi connectivity index (χ1) is 6.09. The Balaban J connectivity index is 2.70. The molecule has 13 heavy (non-hydrogen) atoms. The molecular formula is C10H15IN2. The number of benzene rings is 1. The third-order valence-electron chi connectivity index (χ3n) is 1.85.